The molecule has 4 rings (SSSR count). The van der Waals surface area contributed by atoms with Gasteiger partial charge in [-0.05, 0) is 18.6 Å². The fourth-order valence-electron chi connectivity index (χ4n) is 3.16. The van der Waals surface area contributed by atoms with E-state index in [0.29, 0.717) is 23.8 Å². The first-order chi connectivity index (χ1) is 12.5. The maximum absolute atomic E-state index is 12.5. The van der Waals surface area contributed by atoms with Crippen molar-refractivity contribution >= 4 is 23.0 Å². The van der Waals surface area contributed by atoms with Crippen molar-refractivity contribution in [1.82, 2.24) is 14.5 Å². The number of hydrogen-bond donors (Lipinski definition) is 2. The van der Waals surface area contributed by atoms with E-state index in [0.717, 1.165) is 13.0 Å². The number of fused-ring (bicyclic) bond motifs is 1. The van der Waals surface area contributed by atoms with Gasteiger partial charge in [-0.3, -0.25) is 4.79 Å². The Hall–Kier alpha value is -3.26. The number of carbonyl (C=O) groups is 1. The highest BCUT2D eigenvalue weighted by atomic mass is 16.4. The molecule has 2 aromatic heterocycles. The average Bonchev–Trinajstić information content (AvgIpc) is 3.08. The van der Waals surface area contributed by atoms with Gasteiger partial charge in [0.1, 0.15) is 5.56 Å². The molecule has 8 nitrogen and oxygen atoms in total. The van der Waals surface area contributed by atoms with Crippen molar-refractivity contribution < 1.29 is 9.90 Å². The van der Waals surface area contributed by atoms with Crippen LogP contribution in [0.4, 0.5) is 5.95 Å². The summed E-state index contributed by atoms with van der Waals surface area (Å²) in [5.41, 5.74) is 6.13. The number of para-hydroxylation sites is 1. The first-order valence-corrected chi connectivity index (χ1v) is 8.26. The molecular formula is C18H17N5O3. The summed E-state index contributed by atoms with van der Waals surface area (Å²) in [5, 5.41) is 9.54. The number of anilines is 1. The van der Waals surface area contributed by atoms with Crippen LogP contribution < -0.4 is 16.1 Å². The number of aromatic carboxylic acids is 1. The third-order valence-electron chi connectivity index (χ3n) is 4.50. The van der Waals surface area contributed by atoms with Gasteiger partial charge in [-0.1, -0.05) is 18.2 Å². The largest absolute Gasteiger partial charge is 0.477 e. The van der Waals surface area contributed by atoms with Crippen LogP contribution in [0.3, 0.4) is 0 Å². The van der Waals surface area contributed by atoms with Crippen LogP contribution in [-0.2, 0) is 0 Å². The Labute approximate surface area is 148 Å². The van der Waals surface area contributed by atoms with Crippen LogP contribution in [0.2, 0.25) is 0 Å². The Balaban J connectivity index is 1.98. The summed E-state index contributed by atoms with van der Waals surface area (Å²) in [4.78, 5) is 34.8. The summed E-state index contributed by atoms with van der Waals surface area (Å²) in [6, 6.07) is 9.24. The lowest BCUT2D eigenvalue weighted by molar-refractivity contribution is 0.0695. The number of nitrogens with two attached hydrogens (primary N) is 1. The smallest absolute Gasteiger partial charge is 0.341 e. The molecule has 0 bridgehead atoms. The van der Waals surface area contributed by atoms with E-state index in [1.165, 1.54) is 12.4 Å². The van der Waals surface area contributed by atoms with Crippen molar-refractivity contribution in [1.29, 1.82) is 0 Å². The van der Waals surface area contributed by atoms with Crippen LogP contribution in [0.1, 0.15) is 16.8 Å². The molecule has 0 radical (unpaired) electrons. The second-order valence-corrected chi connectivity index (χ2v) is 6.28. The van der Waals surface area contributed by atoms with Crippen LogP contribution in [0, 0.1) is 0 Å². The lowest BCUT2D eigenvalue weighted by atomic mass is 10.2. The van der Waals surface area contributed by atoms with E-state index in [9.17, 15) is 14.7 Å². The molecule has 1 aliphatic rings. The number of pyridine rings is 1. The lowest BCUT2D eigenvalue weighted by Gasteiger charge is -2.17. The van der Waals surface area contributed by atoms with Gasteiger partial charge >= 0.3 is 5.97 Å². The molecule has 0 saturated carbocycles. The van der Waals surface area contributed by atoms with Gasteiger partial charge in [0, 0.05) is 37.2 Å². The van der Waals surface area contributed by atoms with Gasteiger partial charge < -0.3 is 20.3 Å². The minimum absolute atomic E-state index is 0.0694. The predicted octanol–water partition coefficient (Wildman–Crippen LogP) is 1.02. The van der Waals surface area contributed by atoms with Crippen LogP contribution in [0.5, 0.6) is 0 Å². The number of rotatable bonds is 3. The first-order valence-electron chi connectivity index (χ1n) is 8.26. The van der Waals surface area contributed by atoms with Crippen molar-refractivity contribution in [2.24, 2.45) is 5.73 Å². The van der Waals surface area contributed by atoms with Gasteiger partial charge in [-0.25, -0.2) is 9.78 Å². The monoisotopic (exact) mass is 351 g/mol. The second-order valence-electron chi connectivity index (χ2n) is 6.28. The van der Waals surface area contributed by atoms with Crippen LogP contribution >= 0.6 is 0 Å². The maximum atomic E-state index is 12.5. The van der Waals surface area contributed by atoms with Gasteiger partial charge in [0.2, 0.25) is 11.4 Å². The van der Waals surface area contributed by atoms with Crippen molar-refractivity contribution in [3.8, 4) is 5.69 Å². The number of aromatic nitrogens is 3. The second kappa shape index (κ2) is 6.23. The van der Waals surface area contributed by atoms with Crippen LogP contribution in [-0.4, -0.2) is 44.7 Å². The Morgan fingerprint density at radius 1 is 1.27 bits per heavy atom. The molecule has 1 aromatic carbocycles. The van der Waals surface area contributed by atoms with E-state index >= 15 is 0 Å². The molecule has 3 aromatic rings. The fourth-order valence-corrected chi connectivity index (χ4v) is 3.16. The molecule has 1 atom stereocenters. The van der Waals surface area contributed by atoms with E-state index in [2.05, 4.69) is 9.97 Å². The quantitative estimate of drug-likeness (QED) is 0.724. The zero-order valence-corrected chi connectivity index (χ0v) is 13.9. The Bertz CT molecular complexity index is 1050. The molecule has 0 aliphatic carbocycles. The number of carboxylic acids is 1. The predicted molar refractivity (Wildman–Crippen MR) is 96.9 cm³/mol. The Kier molecular flexibility index (Phi) is 3.89. The minimum Gasteiger partial charge on any atom is -0.477 e. The molecule has 26 heavy (non-hydrogen) atoms. The third-order valence-corrected chi connectivity index (χ3v) is 4.50. The molecule has 1 aliphatic heterocycles. The molecule has 132 valence electrons. The van der Waals surface area contributed by atoms with Crippen molar-refractivity contribution in [2.75, 3.05) is 18.0 Å². The summed E-state index contributed by atoms with van der Waals surface area (Å²) in [6.45, 7) is 1.39. The average molecular weight is 351 g/mol. The summed E-state index contributed by atoms with van der Waals surface area (Å²) in [7, 11) is 0. The minimum atomic E-state index is -1.28. The SMILES string of the molecule is NC1CCN(c2ncc3c(=O)c(C(=O)O)cn(-c4ccccc4)c3n2)C1. The van der Waals surface area contributed by atoms with Crippen LogP contribution in [0.25, 0.3) is 16.7 Å². The Morgan fingerprint density at radius 3 is 2.69 bits per heavy atom. The van der Waals surface area contributed by atoms with E-state index in [1.807, 2.05) is 35.2 Å². The van der Waals surface area contributed by atoms with Crippen molar-refractivity contribution in [2.45, 2.75) is 12.5 Å². The molecule has 0 amide bonds. The summed E-state index contributed by atoms with van der Waals surface area (Å²) >= 11 is 0. The van der Waals surface area contributed by atoms with Gasteiger partial charge in [0.25, 0.3) is 0 Å². The first kappa shape index (κ1) is 16.2. The number of carboxylic acid groups (broad SMARTS) is 1. The molecule has 3 heterocycles. The van der Waals surface area contributed by atoms with E-state index in [4.69, 9.17) is 5.73 Å². The third kappa shape index (κ3) is 2.70. The molecule has 1 unspecified atom stereocenters. The van der Waals surface area contributed by atoms with Gasteiger partial charge in [0.15, 0.2) is 5.65 Å². The summed E-state index contributed by atoms with van der Waals surface area (Å²) in [6.07, 6.45) is 3.56. The Morgan fingerprint density at radius 2 is 2.04 bits per heavy atom. The molecule has 8 heteroatoms. The van der Waals surface area contributed by atoms with Crippen LogP contribution in [0.15, 0.2) is 47.5 Å². The van der Waals surface area contributed by atoms with E-state index < -0.39 is 11.4 Å². The molecule has 1 fully saturated rings. The van der Waals surface area contributed by atoms with E-state index in [-0.39, 0.29) is 17.0 Å². The standard InChI is InChI=1S/C18H17N5O3/c19-11-6-7-22(9-11)18-20-8-13-15(24)14(17(25)26)10-23(16(13)21-18)12-4-2-1-3-5-12/h1-5,8,10-11H,6-7,9,19H2,(H,25,26). The normalized spacial score (nSPS) is 17.0. The lowest BCUT2D eigenvalue weighted by Crippen LogP contribution is -2.28. The highest BCUT2D eigenvalue weighted by molar-refractivity contribution is 5.92. The van der Waals surface area contributed by atoms with E-state index in [1.54, 1.807) is 4.57 Å². The molecule has 0 spiro atoms. The highest BCUT2D eigenvalue weighted by Gasteiger charge is 2.23. The fraction of sp³-hybridized carbons (Fsp3) is 0.222. The molecule has 1 saturated heterocycles. The zero-order chi connectivity index (χ0) is 18.3. The molecular weight excluding hydrogens is 334 g/mol. The van der Waals surface area contributed by atoms with Gasteiger partial charge in [-0.2, -0.15) is 4.98 Å². The number of hydrogen-bond acceptors (Lipinski definition) is 6. The van der Waals surface area contributed by atoms with Crippen molar-refractivity contribution in [3.05, 3.63) is 58.5 Å². The van der Waals surface area contributed by atoms with Gasteiger partial charge in [0.05, 0.1) is 5.39 Å². The molecule has 3 N–H and O–H groups in total. The zero-order valence-electron chi connectivity index (χ0n) is 13.9. The topological polar surface area (TPSA) is 114 Å². The summed E-state index contributed by atoms with van der Waals surface area (Å²) in [5.74, 6) is -0.797. The van der Waals surface area contributed by atoms with Crippen molar-refractivity contribution in [3.63, 3.8) is 0 Å². The highest BCUT2D eigenvalue weighted by Crippen LogP contribution is 2.20. The summed E-state index contributed by atoms with van der Waals surface area (Å²) < 4.78 is 1.61. The number of benzene rings is 1. The number of nitrogens with zero attached hydrogens (tertiary/aromatic N) is 4. The maximum Gasteiger partial charge on any atom is 0.341 e. The van der Waals surface area contributed by atoms with Gasteiger partial charge in [-0.15, -0.1) is 0 Å².